The van der Waals surface area contributed by atoms with Crippen LogP contribution in [0.25, 0.3) is 10.2 Å². The van der Waals surface area contributed by atoms with Crippen molar-refractivity contribution in [3.05, 3.63) is 54.1 Å². The van der Waals surface area contributed by atoms with E-state index in [1.54, 1.807) is 0 Å². The van der Waals surface area contributed by atoms with Gasteiger partial charge >= 0.3 is 0 Å². The molecule has 0 saturated heterocycles. The van der Waals surface area contributed by atoms with Gasteiger partial charge in [-0.3, -0.25) is 4.79 Å². The molecular formula is C16H13N3OS. The predicted molar refractivity (Wildman–Crippen MR) is 85.8 cm³/mol. The number of para-hydroxylation sites is 2. The first-order valence-corrected chi connectivity index (χ1v) is 7.62. The molecule has 104 valence electrons. The maximum atomic E-state index is 12.4. The van der Waals surface area contributed by atoms with Gasteiger partial charge in [0.1, 0.15) is 6.04 Å². The molecule has 0 spiro atoms. The molecule has 5 heteroatoms. The molecule has 4 nitrogen and oxygen atoms in total. The average molecular weight is 295 g/mol. The molecule has 0 aliphatic carbocycles. The number of benzene rings is 2. The van der Waals surface area contributed by atoms with E-state index in [9.17, 15) is 4.79 Å². The lowest BCUT2D eigenvalue weighted by atomic mass is 10.1. The van der Waals surface area contributed by atoms with Crippen molar-refractivity contribution in [1.82, 2.24) is 4.98 Å². The van der Waals surface area contributed by atoms with Gasteiger partial charge in [0.2, 0.25) is 5.91 Å². The highest BCUT2D eigenvalue weighted by Gasteiger charge is 2.26. The van der Waals surface area contributed by atoms with E-state index in [0.717, 1.165) is 15.9 Å². The second-order valence-corrected chi connectivity index (χ2v) is 6.06. The largest absolute Gasteiger partial charge is 0.373 e. The van der Waals surface area contributed by atoms with Crippen molar-refractivity contribution in [3.63, 3.8) is 0 Å². The van der Waals surface area contributed by atoms with Crippen LogP contribution in [0.1, 0.15) is 5.56 Å². The molecule has 1 amide bonds. The first kappa shape index (κ1) is 12.3. The lowest BCUT2D eigenvalue weighted by molar-refractivity contribution is -0.116. The highest BCUT2D eigenvalue weighted by atomic mass is 32.1. The van der Waals surface area contributed by atoms with Crippen LogP contribution in [0.3, 0.4) is 0 Å². The minimum absolute atomic E-state index is 0.0368. The van der Waals surface area contributed by atoms with Crippen molar-refractivity contribution in [2.75, 3.05) is 10.6 Å². The first-order valence-electron chi connectivity index (χ1n) is 6.80. The van der Waals surface area contributed by atoms with Gasteiger partial charge in [-0.15, -0.1) is 0 Å². The van der Waals surface area contributed by atoms with E-state index >= 15 is 0 Å². The van der Waals surface area contributed by atoms with Crippen molar-refractivity contribution in [3.8, 4) is 0 Å². The number of carbonyl (C=O) groups excluding carboxylic acids is 1. The monoisotopic (exact) mass is 295 g/mol. The van der Waals surface area contributed by atoms with Gasteiger partial charge in [0, 0.05) is 12.1 Å². The van der Waals surface area contributed by atoms with Gasteiger partial charge in [-0.25, -0.2) is 4.98 Å². The van der Waals surface area contributed by atoms with Crippen molar-refractivity contribution in [2.45, 2.75) is 12.5 Å². The van der Waals surface area contributed by atoms with Gasteiger partial charge in [0.05, 0.1) is 10.2 Å². The third-order valence-corrected chi connectivity index (χ3v) is 4.56. The molecule has 1 aliphatic rings. The fourth-order valence-corrected chi connectivity index (χ4v) is 3.44. The summed E-state index contributed by atoms with van der Waals surface area (Å²) in [4.78, 5) is 16.8. The van der Waals surface area contributed by atoms with Crippen LogP contribution in [0, 0.1) is 0 Å². The maximum absolute atomic E-state index is 12.4. The summed E-state index contributed by atoms with van der Waals surface area (Å²) in [5.74, 6) is -0.0368. The van der Waals surface area contributed by atoms with Gasteiger partial charge in [-0.1, -0.05) is 41.7 Å². The van der Waals surface area contributed by atoms with E-state index in [0.29, 0.717) is 11.6 Å². The Morgan fingerprint density at radius 2 is 2.00 bits per heavy atom. The molecule has 2 N–H and O–H groups in total. The molecule has 1 aromatic heterocycles. The maximum Gasteiger partial charge on any atom is 0.248 e. The van der Waals surface area contributed by atoms with Gasteiger partial charge in [0.25, 0.3) is 0 Å². The molecule has 2 aromatic carbocycles. The number of carbonyl (C=O) groups is 1. The summed E-state index contributed by atoms with van der Waals surface area (Å²) in [5.41, 5.74) is 3.14. The number of amides is 1. The molecule has 21 heavy (non-hydrogen) atoms. The number of rotatable bonds is 2. The Morgan fingerprint density at radius 3 is 2.86 bits per heavy atom. The molecule has 0 saturated carbocycles. The van der Waals surface area contributed by atoms with Crippen LogP contribution >= 0.6 is 11.3 Å². The Balaban J connectivity index is 1.52. The third-order valence-electron chi connectivity index (χ3n) is 3.61. The van der Waals surface area contributed by atoms with E-state index in [1.807, 2.05) is 48.5 Å². The van der Waals surface area contributed by atoms with E-state index in [4.69, 9.17) is 0 Å². The predicted octanol–water partition coefficient (Wildman–Crippen LogP) is 3.27. The van der Waals surface area contributed by atoms with Gasteiger partial charge < -0.3 is 10.6 Å². The lowest BCUT2D eigenvalue weighted by Crippen LogP contribution is -2.32. The first-order chi connectivity index (χ1) is 10.3. The fourth-order valence-electron chi connectivity index (χ4n) is 2.57. The standard InChI is InChI=1S/C16H13N3OS/c20-15(13-9-10-5-1-2-6-11(10)17-13)19-16-18-12-7-3-4-8-14(12)21-16/h1-8,13,17H,9H2,(H,18,19,20)/t13-/m0/s1. The van der Waals surface area contributed by atoms with Crippen LogP contribution in [-0.2, 0) is 11.2 Å². The zero-order valence-corrected chi connectivity index (χ0v) is 12.0. The number of nitrogens with zero attached hydrogens (tertiary/aromatic N) is 1. The molecule has 1 aliphatic heterocycles. The van der Waals surface area contributed by atoms with E-state index in [-0.39, 0.29) is 11.9 Å². The number of thiazole rings is 1. The van der Waals surface area contributed by atoms with E-state index < -0.39 is 0 Å². The number of anilines is 2. The Bertz CT molecular complexity index is 769. The van der Waals surface area contributed by atoms with Crippen molar-refractivity contribution in [2.24, 2.45) is 0 Å². The zero-order valence-electron chi connectivity index (χ0n) is 11.2. The van der Waals surface area contributed by atoms with Crippen LogP contribution < -0.4 is 10.6 Å². The molecule has 2 heterocycles. The minimum Gasteiger partial charge on any atom is -0.373 e. The lowest BCUT2D eigenvalue weighted by Gasteiger charge is -2.09. The second-order valence-electron chi connectivity index (χ2n) is 5.03. The Morgan fingerprint density at radius 1 is 1.19 bits per heavy atom. The van der Waals surface area contributed by atoms with Crippen molar-refractivity contribution < 1.29 is 4.79 Å². The summed E-state index contributed by atoms with van der Waals surface area (Å²) in [5, 5.41) is 6.82. The van der Waals surface area contributed by atoms with Gasteiger partial charge in [-0.2, -0.15) is 0 Å². The van der Waals surface area contributed by atoms with Crippen molar-refractivity contribution in [1.29, 1.82) is 0 Å². The van der Waals surface area contributed by atoms with Crippen LogP contribution in [-0.4, -0.2) is 16.9 Å². The van der Waals surface area contributed by atoms with E-state index in [1.165, 1.54) is 16.9 Å². The molecule has 3 aromatic rings. The topological polar surface area (TPSA) is 54.0 Å². The fraction of sp³-hybridized carbons (Fsp3) is 0.125. The Labute approximate surface area is 125 Å². The second kappa shape index (κ2) is 4.86. The smallest absolute Gasteiger partial charge is 0.248 e. The van der Waals surface area contributed by atoms with Crippen LogP contribution in [0.4, 0.5) is 10.8 Å². The van der Waals surface area contributed by atoms with Gasteiger partial charge in [0.15, 0.2) is 5.13 Å². The Kier molecular flexibility index (Phi) is 2.86. The average Bonchev–Trinajstić information content (AvgIpc) is 3.10. The highest BCUT2D eigenvalue weighted by molar-refractivity contribution is 7.22. The number of hydrogen-bond acceptors (Lipinski definition) is 4. The summed E-state index contributed by atoms with van der Waals surface area (Å²) in [6, 6.07) is 15.7. The number of nitrogens with one attached hydrogen (secondary N) is 2. The highest BCUT2D eigenvalue weighted by Crippen LogP contribution is 2.28. The Hall–Kier alpha value is -2.40. The van der Waals surface area contributed by atoms with Gasteiger partial charge in [-0.05, 0) is 23.8 Å². The number of aromatic nitrogens is 1. The zero-order chi connectivity index (χ0) is 14.2. The molecule has 1 atom stereocenters. The summed E-state index contributed by atoms with van der Waals surface area (Å²) >= 11 is 1.50. The quantitative estimate of drug-likeness (QED) is 0.763. The normalized spacial score (nSPS) is 16.5. The van der Waals surface area contributed by atoms with Crippen LogP contribution in [0.2, 0.25) is 0 Å². The molecule has 0 fully saturated rings. The third kappa shape index (κ3) is 2.25. The summed E-state index contributed by atoms with van der Waals surface area (Å²) in [6.45, 7) is 0. The summed E-state index contributed by atoms with van der Waals surface area (Å²) in [6.07, 6.45) is 0.715. The number of fused-ring (bicyclic) bond motifs is 2. The number of hydrogen-bond donors (Lipinski definition) is 2. The summed E-state index contributed by atoms with van der Waals surface area (Å²) in [7, 11) is 0. The molecule has 4 rings (SSSR count). The van der Waals surface area contributed by atoms with E-state index in [2.05, 4.69) is 15.6 Å². The molecule has 0 bridgehead atoms. The van der Waals surface area contributed by atoms with Crippen molar-refractivity contribution >= 4 is 38.3 Å². The SMILES string of the molecule is O=C(Nc1nc2ccccc2s1)[C@@H]1Cc2ccccc2N1. The summed E-state index contributed by atoms with van der Waals surface area (Å²) < 4.78 is 1.08. The molecular weight excluding hydrogens is 282 g/mol. The molecule has 0 radical (unpaired) electrons. The molecule has 0 unspecified atom stereocenters. The van der Waals surface area contributed by atoms with Crippen LogP contribution in [0.15, 0.2) is 48.5 Å². The minimum atomic E-state index is -0.227. The van der Waals surface area contributed by atoms with Crippen LogP contribution in [0.5, 0.6) is 0 Å².